The summed E-state index contributed by atoms with van der Waals surface area (Å²) < 4.78 is 0. The predicted octanol–water partition coefficient (Wildman–Crippen LogP) is -0.448. The van der Waals surface area contributed by atoms with Gasteiger partial charge in [-0.1, -0.05) is 0 Å². The van der Waals surface area contributed by atoms with E-state index in [-0.39, 0.29) is 5.91 Å². The molecule has 2 saturated heterocycles. The van der Waals surface area contributed by atoms with Gasteiger partial charge in [-0.3, -0.25) is 19.6 Å². The molecule has 7 nitrogen and oxygen atoms in total. The van der Waals surface area contributed by atoms with Gasteiger partial charge in [0.05, 0.1) is 0 Å². The Bertz CT molecular complexity index is 456. The number of hydrogen-bond donors (Lipinski definition) is 2. The first kappa shape index (κ1) is 17.5. The van der Waals surface area contributed by atoms with Gasteiger partial charge in [-0.05, 0) is 19.3 Å². The molecular weight excluding hydrogens is 304 g/mol. The number of nitrogens with zero attached hydrogens (tertiary/aromatic N) is 4. The Morgan fingerprint density at radius 1 is 1.12 bits per heavy atom. The number of carbonyl (C=O) groups excluding carboxylic acids is 1. The molecule has 2 aliphatic heterocycles. The summed E-state index contributed by atoms with van der Waals surface area (Å²) in [5, 5.41) is 7.00. The Kier molecular flexibility index (Phi) is 5.94. The van der Waals surface area contributed by atoms with Gasteiger partial charge in [-0.2, -0.15) is 0 Å². The van der Waals surface area contributed by atoms with E-state index in [2.05, 4.69) is 25.4 Å². The average molecular weight is 336 g/mol. The van der Waals surface area contributed by atoms with Crippen LogP contribution in [0, 0.1) is 0 Å². The number of aliphatic imine (C=N–C) groups is 1. The van der Waals surface area contributed by atoms with Crippen molar-refractivity contribution in [3.8, 4) is 0 Å². The molecule has 24 heavy (non-hydrogen) atoms. The van der Waals surface area contributed by atoms with Crippen LogP contribution in [0.2, 0.25) is 0 Å². The highest BCUT2D eigenvalue weighted by Gasteiger charge is 2.34. The average Bonchev–Trinajstić information content (AvgIpc) is 3.34. The van der Waals surface area contributed by atoms with E-state index in [1.165, 1.54) is 25.8 Å². The van der Waals surface area contributed by atoms with Crippen LogP contribution in [-0.4, -0.2) is 98.1 Å². The molecule has 3 fully saturated rings. The van der Waals surface area contributed by atoms with Gasteiger partial charge < -0.3 is 15.5 Å². The Morgan fingerprint density at radius 2 is 1.88 bits per heavy atom. The third kappa shape index (κ3) is 4.83. The molecule has 0 aromatic rings. The first-order chi connectivity index (χ1) is 11.7. The van der Waals surface area contributed by atoms with Gasteiger partial charge in [-0.15, -0.1) is 0 Å². The highest BCUT2D eigenvalue weighted by molar-refractivity contribution is 5.80. The molecular formula is C17H32N6O. The molecule has 136 valence electrons. The maximum absolute atomic E-state index is 11.3. The Hall–Kier alpha value is -1.34. The summed E-state index contributed by atoms with van der Waals surface area (Å²) in [5.74, 6) is 1.11. The van der Waals surface area contributed by atoms with Crippen molar-refractivity contribution in [2.45, 2.75) is 38.3 Å². The van der Waals surface area contributed by atoms with E-state index in [4.69, 9.17) is 0 Å². The number of likely N-dealkylation sites (tertiary alicyclic amines) is 1. The van der Waals surface area contributed by atoms with Crippen LogP contribution in [0.1, 0.15) is 26.2 Å². The highest BCUT2D eigenvalue weighted by Crippen LogP contribution is 2.29. The summed E-state index contributed by atoms with van der Waals surface area (Å²) in [6, 6.07) is 1.39. The van der Waals surface area contributed by atoms with Crippen LogP contribution in [0.3, 0.4) is 0 Å². The molecule has 0 aromatic heterocycles. The number of piperazine rings is 1. The lowest BCUT2D eigenvalue weighted by molar-refractivity contribution is -0.130. The van der Waals surface area contributed by atoms with E-state index < -0.39 is 0 Å². The molecule has 1 saturated carbocycles. The molecule has 1 unspecified atom stereocenters. The van der Waals surface area contributed by atoms with Crippen molar-refractivity contribution in [3.05, 3.63) is 0 Å². The van der Waals surface area contributed by atoms with Crippen LogP contribution < -0.4 is 10.6 Å². The van der Waals surface area contributed by atoms with Crippen molar-refractivity contribution in [1.82, 2.24) is 25.3 Å². The fraction of sp³-hybridized carbons (Fsp3) is 0.882. The zero-order chi connectivity index (χ0) is 16.9. The van der Waals surface area contributed by atoms with Crippen molar-refractivity contribution >= 4 is 11.9 Å². The van der Waals surface area contributed by atoms with Gasteiger partial charge in [-0.25, -0.2) is 0 Å². The minimum absolute atomic E-state index is 0.189. The Balaban J connectivity index is 1.31. The number of amides is 1. The standard InChI is InChI=1S/C17H32N6O/c1-14(24)22-11-9-21(10-12-22)8-6-19-17(18-2)20-15-5-7-23(13-15)16-3-4-16/h15-16H,3-13H2,1-2H3,(H2,18,19,20). The van der Waals surface area contributed by atoms with Gasteiger partial charge in [0.1, 0.15) is 0 Å². The van der Waals surface area contributed by atoms with Crippen LogP contribution in [0.5, 0.6) is 0 Å². The molecule has 1 amide bonds. The third-order valence-electron chi connectivity index (χ3n) is 5.39. The topological polar surface area (TPSA) is 63.2 Å². The third-order valence-corrected chi connectivity index (χ3v) is 5.39. The van der Waals surface area contributed by atoms with E-state index in [0.717, 1.165) is 57.8 Å². The van der Waals surface area contributed by atoms with E-state index >= 15 is 0 Å². The largest absolute Gasteiger partial charge is 0.355 e. The minimum atomic E-state index is 0.189. The molecule has 3 rings (SSSR count). The number of rotatable bonds is 5. The summed E-state index contributed by atoms with van der Waals surface area (Å²) in [4.78, 5) is 22.7. The number of hydrogen-bond acceptors (Lipinski definition) is 4. The molecule has 7 heteroatoms. The van der Waals surface area contributed by atoms with Gasteiger partial charge in [0.2, 0.25) is 5.91 Å². The maximum atomic E-state index is 11.3. The monoisotopic (exact) mass is 336 g/mol. The second-order valence-electron chi connectivity index (χ2n) is 7.20. The lowest BCUT2D eigenvalue weighted by Gasteiger charge is -2.34. The number of nitrogens with one attached hydrogen (secondary N) is 2. The van der Waals surface area contributed by atoms with Crippen LogP contribution in [0.15, 0.2) is 4.99 Å². The highest BCUT2D eigenvalue weighted by atomic mass is 16.2. The van der Waals surface area contributed by atoms with Gasteiger partial charge in [0.25, 0.3) is 0 Å². The van der Waals surface area contributed by atoms with Gasteiger partial charge in [0, 0.05) is 78.4 Å². The molecule has 0 aromatic carbocycles. The van der Waals surface area contributed by atoms with Crippen LogP contribution in [-0.2, 0) is 4.79 Å². The molecule has 0 spiro atoms. The molecule has 0 bridgehead atoms. The quantitative estimate of drug-likeness (QED) is 0.526. The van der Waals surface area contributed by atoms with Crippen molar-refractivity contribution in [2.75, 3.05) is 59.4 Å². The summed E-state index contributed by atoms with van der Waals surface area (Å²) in [6.45, 7) is 9.53. The molecule has 2 N–H and O–H groups in total. The van der Waals surface area contributed by atoms with Crippen LogP contribution >= 0.6 is 0 Å². The second kappa shape index (κ2) is 8.16. The zero-order valence-corrected chi connectivity index (χ0v) is 15.1. The van der Waals surface area contributed by atoms with Crippen molar-refractivity contribution < 1.29 is 4.79 Å². The lowest BCUT2D eigenvalue weighted by atomic mass is 10.3. The molecule has 2 heterocycles. The van der Waals surface area contributed by atoms with E-state index in [0.29, 0.717) is 6.04 Å². The van der Waals surface area contributed by atoms with Crippen LogP contribution in [0.4, 0.5) is 0 Å². The maximum Gasteiger partial charge on any atom is 0.219 e. The summed E-state index contributed by atoms with van der Waals surface area (Å²) in [5.41, 5.74) is 0. The second-order valence-corrected chi connectivity index (χ2v) is 7.20. The van der Waals surface area contributed by atoms with Crippen molar-refractivity contribution in [2.24, 2.45) is 4.99 Å². The molecule has 1 atom stereocenters. The minimum Gasteiger partial charge on any atom is -0.355 e. The Labute approximate surface area is 145 Å². The molecule has 3 aliphatic rings. The fourth-order valence-corrected chi connectivity index (χ4v) is 3.68. The Morgan fingerprint density at radius 3 is 2.50 bits per heavy atom. The molecule has 0 radical (unpaired) electrons. The normalized spacial score (nSPS) is 26.7. The first-order valence-electron chi connectivity index (χ1n) is 9.35. The molecule has 1 aliphatic carbocycles. The summed E-state index contributed by atoms with van der Waals surface area (Å²) in [7, 11) is 1.84. The van der Waals surface area contributed by atoms with Crippen molar-refractivity contribution in [3.63, 3.8) is 0 Å². The van der Waals surface area contributed by atoms with Crippen molar-refractivity contribution in [1.29, 1.82) is 0 Å². The van der Waals surface area contributed by atoms with Gasteiger partial charge >= 0.3 is 0 Å². The SMILES string of the molecule is CN=C(NCCN1CCN(C(C)=O)CC1)NC1CCN(C2CC2)C1. The summed E-state index contributed by atoms with van der Waals surface area (Å²) in [6.07, 6.45) is 3.98. The number of carbonyl (C=O) groups is 1. The summed E-state index contributed by atoms with van der Waals surface area (Å²) >= 11 is 0. The van der Waals surface area contributed by atoms with Crippen LogP contribution in [0.25, 0.3) is 0 Å². The fourth-order valence-electron chi connectivity index (χ4n) is 3.68. The lowest BCUT2D eigenvalue weighted by Crippen LogP contribution is -2.51. The smallest absolute Gasteiger partial charge is 0.219 e. The van der Waals surface area contributed by atoms with E-state index in [9.17, 15) is 4.79 Å². The number of guanidine groups is 1. The van der Waals surface area contributed by atoms with Gasteiger partial charge in [0.15, 0.2) is 5.96 Å². The van der Waals surface area contributed by atoms with E-state index in [1.54, 1.807) is 6.92 Å². The first-order valence-corrected chi connectivity index (χ1v) is 9.35. The zero-order valence-electron chi connectivity index (χ0n) is 15.1. The van der Waals surface area contributed by atoms with E-state index in [1.807, 2.05) is 11.9 Å². The predicted molar refractivity (Wildman–Crippen MR) is 96.2 cm³/mol.